The maximum atomic E-state index is 4.25. The van der Waals surface area contributed by atoms with E-state index in [2.05, 4.69) is 45.3 Å². The number of hydrogen-bond acceptors (Lipinski definition) is 3. The van der Waals surface area contributed by atoms with Crippen molar-refractivity contribution >= 4 is 32.4 Å². The number of hydrogen-bond donors (Lipinski definition) is 1. The third-order valence-corrected chi connectivity index (χ3v) is 3.32. The first-order valence-corrected chi connectivity index (χ1v) is 6.26. The van der Waals surface area contributed by atoms with Crippen LogP contribution >= 0.6 is 27.3 Å². The average Bonchev–Trinajstić information content (AvgIpc) is 2.62. The fourth-order valence-electron chi connectivity index (χ4n) is 1.26. The Kier molecular flexibility index (Phi) is 3.38. The summed E-state index contributed by atoms with van der Waals surface area (Å²) in [7, 11) is 0. The Hall–Kier alpha value is -0.870. The lowest BCUT2D eigenvalue weighted by Gasteiger charge is -2.02. The lowest BCUT2D eigenvalue weighted by atomic mass is 10.2. The van der Waals surface area contributed by atoms with E-state index in [1.807, 2.05) is 18.3 Å². The summed E-state index contributed by atoms with van der Waals surface area (Å²) in [6.45, 7) is 2.87. The van der Waals surface area contributed by atoms with Crippen molar-refractivity contribution in [2.75, 3.05) is 5.32 Å². The van der Waals surface area contributed by atoms with Crippen LogP contribution in [0.25, 0.3) is 0 Å². The van der Waals surface area contributed by atoms with Crippen molar-refractivity contribution in [1.82, 2.24) is 4.98 Å². The zero-order valence-electron chi connectivity index (χ0n) is 8.33. The Morgan fingerprint density at radius 1 is 1.47 bits per heavy atom. The molecule has 1 aromatic carbocycles. The summed E-state index contributed by atoms with van der Waals surface area (Å²) in [5.74, 6) is 0. The Morgan fingerprint density at radius 2 is 2.33 bits per heavy atom. The van der Waals surface area contributed by atoms with Gasteiger partial charge >= 0.3 is 0 Å². The number of nitrogens with zero attached hydrogens (tertiary/aromatic N) is 1. The molecule has 0 atom stereocenters. The topological polar surface area (TPSA) is 24.9 Å². The van der Waals surface area contributed by atoms with Gasteiger partial charge in [-0.1, -0.05) is 28.1 Å². The van der Waals surface area contributed by atoms with Crippen molar-refractivity contribution in [3.63, 3.8) is 0 Å². The first-order chi connectivity index (χ1) is 7.24. The van der Waals surface area contributed by atoms with Crippen molar-refractivity contribution in [3.05, 3.63) is 45.4 Å². The van der Waals surface area contributed by atoms with E-state index in [4.69, 9.17) is 0 Å². The Labute approximate surface area is 101 Å². The molecule has 0 aliphatic heterocycles. The van der Waals surface area contributed by atoms with Gasteiger partial charge in [0.05, 0.1) is 0 Å². The molecule has 0 radical (unpaired) electrons. The Bertz CT molecular complexity index is 453. The van der Waals surface area contributed by atoms with Crippen molar-refractivity contribution in [2.45, 2.75) is 13.5 Å². The number of aryl methyl sites for hydroxylation is 1. The number of rotatable bonds is 3. The maximum Gasteiger partial charge on any atom is 0.183 e. The van der Waals surface area contributed by atoms with E-state index in [1.54, 1.807) is 11.3 Å². The van der Waals surface area contributed by atoms with Crippen molar-refractivity contribution < 1.29 is 0 Å². The van der Waals surface area contributed by atoms with Crippen LogP contribution in [0.3, 0.4) is 0 Å². The van der Waals surface area contributed by atoms with Crippen molar-refractivity contribution in [1.29, 1.82) is 0 Å². The van der Waals surface area contributed by atoms with Gasteiger partial charge in [0.25, 0.3) is 0 Å². The summed E-state index contributed by atoms with van der Waals surface area (Å²) in [5, 5.41) is 4.27. The van der Waals surface area contributed by atoms with E-state index in [0.717, 1.165) is 16.1 Å². The van der Waals surface area contributed by atoms with Crippen LogP contribution in [0.1, 0.15) is 10.4 Å². The third kappa shape index (κ3) is 3.04. The molecule has 78 valence electrons. The number of halogens is 1. The number of benzene rings is 1. The second-order valence-corrected chi connectivity index (χ2v) is 5.41. The van der Waals surface area contributed by atoms with Gasteiger partial charge in [0, 0.05) is 22.1 Å². The maximum absolute atomic E-state index is 4.25. The normalized spacial score (nSPS) is 10.3. The van der Waals surface area contributed by atoms with Crippen LogP contribution in [0.5, 0.6) is 0 Å². The largest absolute Gasteiger partial charge is 0.357 e. The second-order valence-electron chi connectivity index (χ2n) is 3.26. The smallest absolute Gasteiger partial charge is 0.183 e. The zero-order chi connectivity index (χ0) is 10.7. The average molecular weight is 283 g/mol. The van der Waals surface area contributed by atoms with Gasteiger partial charge in [0.2, 0.25) is 0 Å². The van der Waals surface area contributed by atoms with Gasteiger partial charge in [-0.05, 0) is 24.6 Å². The molecule has 0 fully saturated rings. The predicted molar refractivity (Wildman–Crippen MR) is 68.3 cm³/mol. The van der Waals surface area contributed by atoms with Crippen LogP contribution in [0, 0.1) is 6.92 Å². The van der Waals surface area contributed by atoms with E-state index >= 15 is 0 Å². The van der Waals surface area contributed by atoms with E-state index in [-0.39, 0.29) is 0 Å². The van der Waals surface area contributed by atoms with Gasteiger partial charge in [-0.15, -0.1) is 11.3 Å². The summed E-state index contributed by atoms with van der Waals surface area (Å²) in [6, 6.07) is 8.26. The summed E-state index contributed by atoms with van der Waals surface area (Å²) >= 11 is 5.13. The molecule has 0 bridgehead atoms. The molecule has 0 aliphatic carbocycles. The summed E-state index contributed by atoms with van der Waals surface area (Å²) in [4.78, 5) is 5.48. The lowest BCUT2D eigenvalue weighted by molar-refractivity contribution is 1.13. The van der Waals surface area contributed by atoms with E-state index in [9.17, 15) is 0 Å². The van der Waals surface area contributed by atoms with Gasteiger partial charge in [0.1, 0.15) is 0 Å². The number of anilines is 1. The first kappa shape index (κ1) is 10.6. The van der Waals surface area contributed by atoms with Gasteiger partial charge in [0.15, 0.2) is 5.13 Å². The number of thiazole rings is 1. The summed E-state index contributed by atoms with van der Waals surface area (Å²) in [5.41, 5.74) is 1.25. The van der Waals surface area contributed by atoms with Crippen LogP contribution in [0.15, 0.2) is 34.9 Å². The molecule has 0 unspecified atom stereocenters. The molecule has 0 amide bonds. The molecule has 4 heteroatoms. The minimum absolute atomic E-state index is 0.812. The van der Waals surface area contributed by atoms with Gasteiger partial charge in [-0.2, -0.15) is 0 Å². The zero-order valence-corrected chi connectivity index (χ0v) is 10.7. The molecular weight excluding hydrogens is 272 g/mol. The molecule has 0 saturated carbocycles. The van der Waals surface area contributed by atoms with E-state index in [1.165, 1.54) is 10.4 Å². The van der Waals surface area contributed by atoms with Crippen LogP contribution < -0.4 is 5.32 Å². The number of nitrogens with one attached hydrogen (secondary N) is 1. The minimum atomic E-state index is 0.812. The van der Waals surface area contributed by atoms with Crippen LogP contribution in [0.2, 0.25) is 0 Å². The number of aromatic nitrogens is 1. The molecule has 2 rings (SSSR count). The van der Waals surface area contributed by atoms with Crippen molar-refractivity contribution in [3.8, 4) is 0 Å². The monoisotopic (exact) mass is 282 g/mol. The standard InChI is InChI=1S/C11H11BrN2S/c1-8-6-13-11(15-8)14-7-9-3-2-4-10(12)5-9/h2-6H,7H2,1H3,(H,13,14). The van der Waals surface area contributed by atoms with E-state index < -0.39 is 0 Å². The molecule has 15 heavy (non-hydrogen) atoms. The lowest BCUT2D eigenvalue weighted by Crippen LogP contribution is -1.98. The highest BCUT2D eigenvalue weighted by atomic mass is 79.9. The van der Waals surface area contributed by atoms with Crippen LogP contribution in [-0.4, -0.2) is 4.98 Å². The van der Waals surface area contributed by atoms with Gasteiger partial charge in [-0.3, -0.25) is 0 Å². The highest BCUT2D eigenvalue weighted by molar-refractivity contribution is 9.10. The first-order valence-electron chi connectivity index (χ1n) is 4.65. The Balaban J connectivity index is 1.99. The molecule has 0 aliphatic rings. The molecular formula is C11H11BrN2S. The van der Waals surface area contributed by atoms with Gasteiger partial charge < -0.3 is 5.32 Å². The van der Waals surface area contributed by atoms with E-state index in [0.29, 0.717) is 0 Å². The fourth-order valence-corrected chi connectivity index (χ4v) is 2.37. The molecule has 0 spiro atoms. The molecule has 2 aromatic rings. The summed E-state index contributed by atoms with van der Waals surface area (Å²) < 4.78 is 1.11. The minimum Gasteiger partial charge on any atom is -0.357 e. The second kappa shape index (κ2) is 4.77. The molecule has 1 N–H and O–H groups in total. The van der Waals surface area contributed by atoms with Crippen LogP contribution in [-0.2, 0) is 6.54 Å². The molecule has 0 saturated heterocycles. The molecule has 1 aromatic heterocycles. The summed E-state index contributed by atoms with van der Waals surface area (Å²) in [6.07, 6.45) is 1.88. The molecule has 1 heterocycles. The SMILES string of the molecule is Cc1cnc(NCc2cccc(Br)c2)s1. The highest BCUT2D eigenvalue weighted by Crippen LogP contribution is 2.18. The highest BCUT2D eigenvalue weighted by Gasteiger charge is 1.98. The Morgan fingerprint density at radius 3 is 3.00 bits per heavy atom. The predicted octanol–water partition coefficient (Wildman–Crippen LogP) is 3.83. The van der Waals surface area contributed by atoms with Gasteiger partial charge in [-0.25, -0.2) is 4.98 Å². The quantitative estimate of drug-likeness (QED) is 0.926. The fraction of sp³-hybridized carbons (Fsp3) is 0.182. The van der Waals surface area contributed by atoms with Crippen molar-refractivity contribution in [2.24, 2.45) is 0 Å². The van der Waals surface area contributed by atoms with Crippen LogP contribution in [0.4, 0.5) is 5.13 Å². The third-order valence-electron chi connectivity index (χ3n) is 1.95. The molecule has 2 nitrogen and oxygen atoms in total.